The summed E-state index contributed by atoms with van der Waals surface area (Å²) in [6, 6.07) is 9.01. The summed E-state index contributed by atoms with van der Waals surface area (Å²) >= 11 is 6.08. The van der Waals surface area contributed by atoms with Gasteiger partial charge in [-0.15, -0.1) is 0 Å². The Morgan fingerprint density at radius 2 is 1.76 bits per heavy atom. The van der Waals surface area contributed by atoms with Gasteiger partial charge in [0.2, 0.25) is 0 Å². The first-order chi connectivity index (χ1) is 9.79. The van der Waals surface area contributed by atoms with Gasteiger partial charge in [0.1, 0.15) is 5.75 Å². The number of para-hydroxylation sites is 1. The van der Waals surface area contributed by atoms with Crippen LogP contribution in [-0.4, -0.2) is 5.11 Å². The predicted octanol–water partition coefficient (Wildman–Crippen LogP) is 5.55. The van der Waals surface area contributed by atoms with Crippen LogP contribution in [-0.2, 0) is 12.7 Å². The number of alkyl halides is 3. The van der Waals surface area contributed by atoms with Crippen LogP contribution >= 0.6 is 31.9 Å². The molecule has 112 valence electrons. The predicted molar refractivity (Wildman–Crippen MR) is 82.3 cm³/mol. The number of hydrogen-bond donors (Lipinski definition) is 2. The van der Waals surface area contributed by atoms with E-state index in [0.29, 0.717) is 15.7 Å². The van der Waals surface area contributed by atoms with Gasteiger partial charge >= 0.3 is 6.18 Å². The third kappa shape index (κ3) is 3.91. The molecule has 0 bridgehead atoms. The number of phenols is 1. The summed E-state index contributed by atoms with van der Waals surface area (Å²) in [7, 11) is 0. The highest BCUT2D eigenvalue weighted by atomic mass is 79.9. The van der Waals surface area contributed by atoms with Crippen molar-refractivity contribution in [3.05, 3.63) is 56.5 Å². The SMILES string of the molecule is Oc1c(Br)cccc1CNc1ccc(Br)c(C(F)(F)F)c1. The number of halogens is 5. The third-order valence-electron chi connectivity index (χ3n) is 2.83. The minimum absolute atomic E-state index is 0.00847. The summed E-state index contributed by atoms with van der Waals surface area (Å²) in [4.78, 5) is 0. The molecular weight excluding hydrogens is 415 g/mol. The molecule has 0 unspecified atom stereocenters. The van der Waals surface area contributed by atoms with Gasteiger partial charge in [0.15, 0.2) is 0 Å². The van der Waals surface area contributed by atoms with E-state index in [1.165, 1.54) is 12.1 Å². The number of anilines is 1. The second-order valence-corrected chi connectivity index (χ2v) is 6.00. The molecule has 0 amide bonds. The summed E-state index contributed by atoms with van der Waals surface area (Å²) in [6.07, 6.45) is -4.42. The van der Waals surface area contributed by atoms with Gasteiger partial charge in [-0.3, -0.25) is 0 Å². The fraction of sp³-hybridized carbons (Fsp3) is 0.143. The zero-order chi connectivity index (χ0) is 15.6. The summed E-state index contributed by atoms with van der Waals surface area (Å²) < 4.78 is 38.9. The summed E-state index contributed by atoms with van der Waals surface area (Å²) in [5, 5.41) is 12.7. The number of phenolic OH excluding ortho intramolecular Hbond substituents is 1. The molecule has 2 aromatic rings. The molecule has 0 aliphatic rings. The lowest BCUT2D eigenvalue weighted by atomic mass is 10.1. The smallest absolute Gasteiger partial charge is 0.417 e. The van der Waals surface area contributed by atoms with E-state index in [0.717, 1.165) is 6.07 Å². The molecule has 0 atom stereocenters. The van der Waals surface area contributed by atoms with E-state index in [9.17, 15) is 18.3 Å². The molecule has 0 aromatic heterocycles. The fourth-order valence-corrected chi connectivity index (χ4v) is 2.63. The lowest BCUT2D eigenvalue weighted by Gasteiger charge is -2.13. The zero-order valence-corrected chi connectivity index (χ0v) is 13.7. The van der Waals surface area contributed by atoms with Crippen LogP contribution in [0.5, 0.6) is 5.75 Å². The molecule has 2 rings (SSSR count). The monoisotopic (exact) mass is 423 g/mol. The van der Waals surface area contributed by atoms with Crippen molar-refractivity contribution in [2.75, 3.05) is 5.32 Å². The van der Waals surface area contributed by atoms with Crippen LogP contribution in [0.3, 0.4) is 0 Å². The minimum Gasteiger partial charge on any atom is -0.506 e. The molecule has 21 heavy (non-hydrogen) atoms. The Morgan fingerprint density at radius 1 is 1.05 bits per heavy atom. The normalized spacial score (nSPS) is 11.5. The lowest BCUT2D eigenvalue weighted by molar-refractivity contribution is -0.138. The van der Waals surface area contributed by atoms with E-state index in [1.807, 2.05) is 0 Å². The van der Waals surface area contributed by atoms with E-state index >= 15 is 0 Å². The van der Waals surface area contributed by atoms with Gasteiger partial charge in [-0.2, -0.15) is 13.2 Å². The van der Waals surface area contributed by atoms with Crippen LogP contribution in [0.2, 0.25) is 0 Å². The maximum Gasteiger partial charge on any atom is 0.417 e. The average molecular weight is 425 g/mol. The number of nitrogens with one attached hydrogen (secondary N) is 1. The Morgan fingerprint density at radius 3 is 2.43 bits per heavy atom. The van der Waals surface area contributed by atoms with Crippen molar-refractivity contribution in [3.63, 3.8) is 0 Å². The van der Waals surface area contributed by atoms with Gasteiger partial charge in [0.25, 0.3) is 0 Å². The van der Waals surface area contributed by atoms with Crippen molar-refractivity contribution >= 4 is 37.5 Å². The number of benzene rings is 2. The molecule has 0 spiro atoms. The zero-order valence-electron chi connectivity index (χ0n) is 10.5. The van der Waals surface area contributed by atoms with Gasteiger partial charge < -0.3 is 10.4 Å². The molecule has 0 saturated heterocycles. The van der Waals surface area contributed by atoms with Crippen molar-refractivity contribution in [3.8, 4) is 5.75 Å². The second-order valence-electron chi connectivity index (χ2n) is 4.29. The highest BCUT2D eigenvalue weighted by Gasteiger charge is 2.33. The van der Waals surface area contributed by atoms with Crippen molar-refractivity contribution in [1.82, 2.24) is 0 Å². The Bertz CT molecular complexity index is 659. The van der Waals surface area contributed by atoms with Crippen molar-refractivity contribution in [1.29, 1.82) is 0 Å². The Balaban J connectivity index is 2.19. The van der Waals surface area contributed by atoms with Crippen molar-refractivity contribution in [2.45, 2.75) is 12.7 Å². The Kier molecular flexibility index (Phi) is 4.83. The Hall–Kier alpha value is -1.21. The number of hydrogen-bond acceptors (Lipinski definition) is 2. The molecule has 0 aliphatic heterocycles. The van der Waals surface area contributed by atoms with Crippen LogP contribution in [0.25, 0.3) is 0 Å². The van der Waals surface area contributed by atoms with Crippen LogP contribution in [0, 0.1) is 0 Å². The molecule has 0 aliphatic carbocycles. The number of rotatable bonds is 3. The van der Waals surface area contributed by atoms with Gasteiger partial charge in [0, 0.05) is 22.3 Å². The first-order valence-electron chi connectivity index (χ1n) is 5.86. The topological polar surface area (TPSA) is 32.3 Å². The molecule has 0 saturated carbocycles. The van der Waals surface area contributed by atoms with Crippen LogP contribution in [0.4, 0.5) is 18.9 Å². The molecule has 0 fully saturated rings. The molecule has 2 N–H and O–H groups in total. The van der Waals surface area contributed by atoms with E-state index < -0.39 is 11.7 Å². The van der Waals surface area contributed by atoms with E-state index in [1.54, 1.807) is 18.2 Å². The second kappa shape index (κ2) is 6.27. The van der Waals surface area contributed by atoms with Gasteiger partial charge in [0.05, 0.1) is 10.0 Å². The molecule has 2 aromatic carbocycles. The van der Waals surface area contributed by atoms with E-state index in [2.05, 4.69) is 37.2 Å². The van der Waals surface area contributed by atoms with Crippen molar-refractivity contribution < 1.29 is 18.3 Å². The highest BCUT2D eigenvalue weighted by Crippen LogP contribution is 2.36. The highest BCUT2D eigenvalue weighted by molar-refractivity contribution is 9.10. The van der Waals surface area contributed by atoms with Crippen molar-refractivity contribution in [2.24, 2.45) is 0 Å². The molecule has 7 heteroatoms. The van der Waals surface area contributed by atoms with Crippen LogP contribution in [0.1, 0.15) is 11.1 Å². The third-order valence-corrected chi connectivity index (χ3v) is 4.16. The average Bonchev–Trinajstić information content (AvgIpc) is 2.40. The van der Waals surface area contributed by atoms with Gasteiger partial charge in [-0.25, -0.2) is 0 Å². The minimum atomic E-state index is -4.42. The summed E-state index contributed by atoms with van der Waals surface area (Å²) in [6.45, 7) is 0.213. The molecular formula is C14H10Br2F3NO. The molecule has 0 heterocycles. The fourth-order valence-electron chi connectivity index (χ4n) is 1.75. The van der Waals surface area contributed by atoms with Crippen LogP contribution < -0.4 is 5.32 Å². The van der Waals surface area contributed by atoms with E-state index in [-0.39, 0.29) is 16.8 Å². The summed E-state index contributed by atoms with van der Waals surface area (Å²) in [5.74, 6) is 0.0677. The largest absolute Gasteiger partial charge is 0.506 e. The quantitative estimate of drug-likeness (QED) is 0.677. The molecule has 2 nitrogen and oxygen atoms in total. The maximum atomic E-state index is 12.8. The van der Waals surface area contributed by atoms with Gasteiger partial charge in [-0.05, 0) is 40.2 Å². The van der Waals surface area contributed by atoms with E-state index in [4.69, 9.17) is 0 Å². The lowest BCUT2D eigenvalue weighted by Crippen LogP contribution is -2.07. The van der Waals surface area contributed by atoms with Crippen LogP contribution in [0.15, 0.2) is 45.3 Å². The first-order valence-corrected chi connectivity index (χ1v) is 7.44. The summed E-state index contributed by atoms with van der Waals surface area (Å²) in [5.41, 5.74) is 0.164. The maximum absolute atomic E-state index is 12.8. The molecule has 0 radical (unpaired) electrons. The Labute approximate surface area is 136 Å². The van der Waals surface area contributed by atoms with Gasteiger partial charge in [-0.1, -0.05) is 28.1 Å². The first kappa shape index (κ1) is 16.2. The number of aromatic hydroxyl groups is 1. The standard InChI is InChI=1S/C14H10Br2F3NO/c15-11-5-4-9(6-10(11)14(17,18)19)20-7-8-2-1-3-12(16)13(8)21/h1-6,20-21H,7H2.